The topological polar surface area (TPSA) is 724 Å². The number of nitrogens with zero attached hydrogens (tertiary/aromatic N) is 3. The highest BCUT2D eigenvalue weighted by Gasteiger charge is 2.39. The molecule has 14 atom stereocenters. The fraction of sp³-hybridized carbons (Fsp3) is 0.516. The fourth-order valence-electron chi connectivity index (χ4n) is 14.7. The number of guanidine groups is 2. The predicted octanol–water partition coefficient (Wildman–Crippen LogP) is -2.97. The Labute approximate surface area is 810 Å². The summed E-state index contributed by atoms with van der Waals surface area (Å²) in [7, 11) is 0. The maximum absolute atomic E-state index is 15.0. The van der Waals surface area contributed by atoms with Crippen molar-refractivity contribution in [2.24, 2.45) is 52.0 Å². The van der Waals surface area contributed by atoms with E-state index in [9.17, 15) is 71.9 Å². The van der Waals surface area contributed by atoms with Gasteiger partial charge in [-0.3, -0.25) is 102 Å². The Hall–Kier alpha value is -14.1. The molecule has 0 spiro atoms. The summed E-state index contributed by atoms with van der Waals surface area (Å²) in [4.78, 5) is 236. The van der Waals surface area contributed by atoms with Crippen molar-refractivity contribution in [3.8, 4) is 0 Å². The van der Waals surface area contributed by atoms with Gasteiger partial charge in [0.05, 0.1) is 36.9 Å². The fourth-order valence-corrected chi connectivity index (χ4v) is 14.7. The minimum absolute atomic E-state index is 0.00421. The molecule has 0 fully saturated rings. The van der Waals surface area contributed by atoms with Crippen molar-refractivity contribution in [2.75, 3.05) is 45.8 Å². The lowest BCUT2D eigenvalue weighted by molar-refractivity contribution is -0.136. The predicted molar refractivity (Wildman–Crippen MR) is 521 cm³/mol. The van der Waals surface area contributed by atoms with Crippen LogP contribution in [0.15, 0.2) is 140 Å². The normalized spacial score (nSPS) is 14.1. The highest BCUT2D eigenvalue weighted by Crippen LogP contribution is 2.18. The zero-order valence-corrected chi connectivity index (χ0v) is 80.2. The van der Waals surface area contributed by atoms with E-state index >= 15 is 4.79 Å². The quantitative estimate of drug-likeness (QED) is 0.0105. The van der Waals surface area contributed by atoms with Gasteiger partial charge >= 0.3 is 0 Å². The summed E-state index contributed by atoms with van der Waals surface area (Å²) in [6, 6.07) is 19.0. The molecular formula is C95H144N28O16. The number of primary amides is 2. The van der Waals surface area contributed by atoms with Gasteiger partial charge in [0.15, 0.2) is 11.9 Å². The maximum Gasteiger partial charge on any atom is 0.243 e. The van der Waals surface area contributed by atoms with Crippen molar-refractivity contribution in [2.45, 2.75) is 255 Å². The molecule has 32 N–H and O–H groups in total. The lowest BCUT2D eigenvalue weighted by atomic mass is 9.96. The number of benzene rings is 3. The zero-order chi connectivity index (χ0) is 102. The number of aromatic nitrogens is 2. The number of rotatable bonds is 66. The summed E-state index contributed by atoms with van der Waals surface area (Å²) >= 11 is 0. The van der Waals surface area contributed by atoms with Gasteiger partial charge in [-0.1, -0.05) is 144 Å². The lowest BCUT2D eigenvalue weighted by Gasteiger charge is -2.29. The Bertz CT molecular complexity index is 4720. The van der Waals surface area contributed by atoms with Crippen LogP contribution in [0.5, 0.6) is 0 Å². The zero-order valence-electron chi connectivity index (χ0n) is 80.2. The van der Waals surface area contributed by atoms with Crippen LogP contribution in [-0.2, 0) is 109 Å². The van der Waals surface area contributed by atoms with Crippen molar-refractivity contribution in [3.05, 3.63) is 168 Å². The first-order valence-electron chi connectivity index (χ1n) is 47.1. The third-order valence-corrected chi connectivity index (χ3v) is 22.5. The molecule has 0 saturated carbocycles. The summed E-state index contributed by atoms with van der Waals surface area (Å²) in [5.74, 6) is -15.6. The number of nitrogens with one attached hydrogen (secondary N) is 18. The molecular weight excluding hydrogens is 1790 g/mol. The molecule has 0 aliphatic carbocycles. The Kier molecular flexibility index (Phi) is 52.5. The smallest absolute Gasteiger partial charge is 0.243 e. The van der Waals surface area contributed by atoms with Gasteiger partial charge in [0.2, 0.25) is 94.5 Å². The molecule has 760 valence electrons. The van der Waals surface area contributed by atoms with E-state index in [0.717, 1.165) is 11.4 Å². The minimum atomic E-state index is -1.76. The van der Waals surface area contributed by atoms with Gasteiger partial charge in [-0.2, -0.15) is 0 Å². The molecule has 44 heteroatoms. The van der Waals surface area contributed by atoms with Crippen LogP contribution in [-0.4, -0.2) is 246 Å². The molecule has 5 aromatic rings. The first-order chi connectivity index (χ1) is 66.4. The van der Waals surface area contributed by atoms with Gasteiger partial charge in [0, 0.05) is 57.8 Å². The van der Waals surface area contributed by atoms with E-state index in [0.29, 0.717) is 74.8 Å². The summed E-state index contributed by atoms with van der Waals surface area (Å²) in [5, 5.41) is 57.4. The third kappa shape index (κ3) is 45.6. The molecule has 0 radical (unpaired) electrons. The van der Waals surface area contributed by atoms with Crippen LogP contribution in [0.25, 0.3) is 0 Å². The van der Waals surface area contributed by atoms with Crippen molar-refractivity contribution in [3.63, 3.8) is 0 Å². The highest BCUT2D eigenvalue weighted by molar-refractivity contribution is 6.01. The van der Waals surface area contributed by atoms with Gasteiger partial charge in [0.25, 0.3) is 0 Å². The summed E-state index contributed by atoms with van der Waals surface area (Å²) in [6.07, 6.45) is 5.31. The molecule has 139 heavy (non-hydrogen) atoms. The van der Waals surface area contributed by atoms with Crippen molar-refractivity contribution in [1.82, 2.24) is 99.9 Å². The van der Waals surface area contributed by atoms with Gasteiger partial charge in [-0.15, -0.1) is 0 Å². The van der Waals surface area contributed by atoms with Gasteiger partial charge in [-0.05, 0) is 170 Å². The van der Waals surface area contributed by atoms with Crippen LogP contribution >= 0.6 is 0 Å². The van der Waals surface area contributed by atoms with Gasteiger partial charge in [0.1, 0.15) is 72.5 Å². The molecule has 5 rings (SSSR count). The Morgan fingerprint density at radius 3 is 1.15 bits per heavy atom. The molecule has 0 aliphatic heterocycles. The molecule has 0 saturated heterocycles. The number of hydrogen-bond acceptors (Lipinski definition) is 24. The van der Waals surface area contributed by atoms with E-state index in [1.54, 1.807) is 131 Å². The van der Waals surface area contributed by atoms with Crippen LogP contribution < -0.4 is 125 Å². The Morgan fingerprint density at radius 2 is 0.719 bits per heavy atom. The summed E-state index contributed by atoms with van der Waals surface area (Å²) < 4.78 is 0. The van der Waals surface area contributed by atoms with E-state index in [4.69, 9.17) is 51.0 Å². The minimum Gasteiger partial charge on any atom is -0.370 e. The van der Waals surface area contributed by atoms with Gasteiger partial charge in [-0.25, -0.2) is 0 Å². The summed E-state index contributed by atoms with van der Waals surface area (Å²) in [6.45, 7) is 10.5. The monoisotopic (exact) mass is 1930 g/mol. The lowest BCUT2D eigenvalue weighted by Crippen LogP contribution is -2.61. The first-order valence-corrected chi connectivity index (χ1v) is 47.1. The van der Waals surface area contributed by atoms with E-state index in [-0.39, 0.29) is 115 Å². The van der Waals surface area contributed by atoms with E-state index in [1.807, 2.05) is 36.4 Å². The average molecular weight is 1930 g/mol. The van der Waals surface area contributed by atoms with Crippen LogP contribution in [0.3, 0.4) is 0 Å². The number of pyridine rings is 2. The molecule has 16 amide bonds. The SMILES string of the molecule is CC[C@H](C)[C@H](NC(=O)[C@H](CCCCN)NC(=O)[C@H](C)NC(=O)CNC(=O)[C@H](C)NC(=O)[C@H](CCCCN)NC(=O)[C@H](CC(C)C)NC(=O)[C@H](CCCNC(=N)N)NC(=O)[C@H](Cc1ccccc1)NC(=O)[C@H](CC(N)=O)NC(=O)[C@H](Cc1ccccc1)NC(=O)[C@@H](N)CCCCN(Cc1ccccn1)Cc1ccccn1)C(=O)N[C@@H](CCCNC(=N)N)C(=O)N[C@@H](Cc1ccccc1)C(=O)NCC(N)=O. The summed E-state index contributed by atoms with van der Waals surface area (Å²) in [5.41, 5.74) is 43.8. The van der Waals surface area contributed by atoms with Crippen LogP contribution in [0.4, 0.5) is 0 Å². The maximum atomic E-state index is 15.0. The second-order valence-electron chi connectivity index (χ2n) is 34.7. The number of hydrogen-bond donors (Lipinski definition) is 25. The molecule has 0 bridgehead atoms. The number of carbonyl (C=O) groups is 16. The molecule has 2 aromatic heterocycles. The number of unbranched alkanes of at least 4 members (excludes halogenated alkanes) is 3. The van der Waals surface area contributed by atoms with Gasteiger partial charge < -0.3 is 125 Å². The van der Waals surface area contributed by atoms with Crippen LogP contribution in [0.1, 0.15) is 172 Å². The van der Waals surface area contributed by atoms with Crippen molar-refractivity contribution < 1.29 is 76.7 Å². The first kappa shape index (κ1) is 115. The standard InChI is InChI=1S/C95H144N28O16/c1-7-59(4)80(93(139)116-71(41-28-47-108-95(103)104)87(133)119-73(84(130)109-54-78(100)125)50-62-29-11-8-12-30-62)122-88(134)69(39-18-23-43-97)113-82(128)61(6)111-79(126)55-110-81(127)60(5)112-85(131)68(38-17-22-42-96)114-89(135)72(49-58(2)3)118-86(132)70(40-27-46-107-94(101)102)115-90(136)75(52-64-33-15-10-16-34-64)120-92(138)76(53-77(99)124)121-91(137)74(51-63-31-13-9-14-32-63)117-83(129)67(98)37-21-26-48-123(56-65-35-19-24-44-105-65)57-66-36-20-25-45-106-66/h8-16,19-20,24-25,29-36,44-45,58-61,67-76,80H,7,17-18,21-23,26-28,37-43,46-57,96-98H2,1-6H3,(H2,99,124)(H2,100,125)(H,109,130)(H,110,127)(H,111,126)(H,112,131)(H,113,128)(H,114,135)(H,115,136)(H,116,139)(H,117,129)(H,118,132)(H,119,133)(H,120,138)(H,121,137)(H,122,134)(H4,101,102,107)(H4,103,104,108)/t59-,60-,61-,67-,68-,69-,70-,71-,72-,73-,74-,75-,76-,80-/m0/s1. The number of carbonyl (C=O) groups excluding carboxylic acids is 16. The second-order valence-corrected chi connectivity index (χ2v) is 34.7. The molecule has 0 unspecified atom stereocenters. The van der Waals surface area contributed by atoms with E-state index < -0.39 is 204 Å². The van der Waals surface area contributed by atoms with Crippen LogP contribution in [0, 0.1) is 22.7 Å². The van der Waals surface area contributed by atoms with E-state index in [2.05, 4.69) is 99.9 Å². The second kappa shape index (κ2) is 63.3. The van der Waals surface area contributed by atoms with E-state index in [1.165, 1.54) is 13.8 Å². The molecule has 0 aliphatic rings. The third-order valence-electron chi connectivity index (χ3n) is 22.5. The van der Waals surface area contributed by atoms with Crippen molar-refractivity contribution >= 4 is 106 Å². The Morgan fingerprint density at radius 1 is 0.353 bits per heavy atom. The molecule has 2 heterocycles. The van der Waals surface area contributed by atoms with Crippen molar-refractivity contribution in [1.29, 1.82) is 10.8 Å². The average Bonchev–Trinajstić information content (AvgIpc) is 0.848. The molecule has 44 nitrogen and oxygen atoms in total. The molecule has 3 aromatic carbocycles. The number of nitrogens with two attached hydrogens (primary N) is 7. The largest absolute Gasteiger partial charge is 0.370 e. The highest BCUT2D eigenvalue weighted by atomic mass is 16.2. The Balaban J connectivity index is 1.27. The number of amides is 16. The van der Waals surface area contributed by atoms with Crippen LogP contribution in [0.2, 0.25) is 0 Å².